The fourth-order valence-corrected chi connectivity index (χ4v) is 8.58. The molecule has 0 saturated carbocycles. The zero-order valence-electron chi connectivity index (χ0n) is 31.2. The number of amidine groups is 2. The summed E-state index contributed by atoms with van der Waals surface area (Å²) >= 11 is 0. The zero-order chi connectivity index (χ0) is 38.2. The molecule has 3 heterocycles. The molecule has 0 spiro atoms. The Balaban J connectivity index is 0.948. The van der Waals surface area contributed by atoms with Crippen LogP contribution in [-0.4, -0.2) is 11.7 Å². The van der Waals surface area contributed by atoms with E-state index >= 15 is 0 Å². The van der Waals surface area contributed by atoms with Crippen molar-refractivity contribution in [3.63, 3.8) is 0 Å². The number of rotatable bonds is 5. The predicted octanol–water partition coefficient (Wildman–Crippen LogP) is 13.6. The average molecular weight is 744 g/mol. The van der Waals surface area contributed by atoms with Crippen LogP contribution >= 0.6 is 0 Å². The maximum absolute atomic E-state index is 6.38. The minimum Gasteiger partial charge on any atom is -0.456 e. The summed E-state index contributed by atoms with van der Waals surface area (Å²) in [6.45, 7) is 0. The molecule has 2 aromatic heterocycles. The molecule has 58 heavy (non-hydrogen) atoms. The van der Waals surface area contributed by atoms with Crippen LogP contribution in [0.3, 0.4) is 0 Å². The second kappa shape index (κ2) is 12.9. The number of aliphatic imine (C=N–C) groups is 2. The van der Waals surface area contributed by atoms with Crippen molar-refractivity contribution in [3.05, 3.63) is 205 Å². The molecule has 1 aliphatic heterocycles. The number of nitrogens with zero attached hydrogens (tertiary/aromatic N) is 2. The second-order valence-corrected chi connectivity index (χ2v) is 15.0. The highest BCUT2D eigenvalue weighted by Gasteiger charge is 2.23. The molecule has 0 saturated heterocycles. The molecule has 12 rings (SSSR count). The number of para-hydroxylation sites is 1. The van der Waals surface area contributed by atoms with Crippen LogP contribution in [0.15, 0.2) is 207 Å². The van der Waals surface area contributed by atoms with Crippen molar-refractivity contribution in [3.8, 4) is 22.3 Å². The van der Waals surface area contributed by atoms with Gasteiger partial charge in [-0.15, -0.1) is 0 Å². The Labute approximate surface area is 333 Å². The summed E-state index contributed by atoms with van der Waals surface area (Å²) in [5.41, 5.74) is 11.1. The van der Waals surface area contributed by atoms with Crippen molar-refractivity contribution in [2.45, 2.75) is 6.17 Å². The summed E-state index contributed by atoms with van der Waals surface area (Å²) in [7, 11) is 0. The summed E-state index contributed by atoms with van der Waals surface area (Å²) < 4.78 is 12.5. The van der Waals surface area contributed by atoms with Gasteiger partial charge in [0.15, 0.2) is 5.84 Å². The zero-order valence-corrected chi connectivity index (χ0v) is 31.2. The van der Waals surface area contributed by atoms with Gasteiger partial charge in [0.25, 0.3) is 0 Å². The molecule has 1 aliphatic rings. The van der Waals surface area contributed by atoms with Gasteiger partial charge in [-0.3, -0.25) is 0 Å². The first-order chi connectivity index (χ1) is 28.7. The van der Waals surface area contributed by atoms with Gasteiger partial charge in [0.05, 0.1) is 0 Å². The van der Waals surface area contributed by atoms with Crippen LogP contribution in [0.5, 0.6) is 0 Å². The molecule has 1 atom stereocenters. The van der Waals surface area contributed by atoms with E-state index in [9.17, 15) is 0 Å². The molecular weight excluding hydrogens is 711 g/mol. The Bertz CT molecular complexity index is 3500. The van der Waals surface area contributed by atoms with Crippen LogP contribution < -0.4 is 5.32 Å². The van der Waals surface area contributed by atoms with Crippen molar-refractivity contribution in [1.82, 2.24) is 5.32 Å². The van der Waals surface area contributed by atoms with Crippen molar-refractivity contribution >= 4 is 77.1 Å². The minimum atomic E-state index is -0.338. The Kier molecular flexibility index (Phi) is 7.23. The van der Waals surface area contributed by atoms with Crippen LogP contribution in [-0.2, 0) is 0 Å². The Morgan fingerprint density at radius 1 is 0.397 bits per heavy atom. The fraction of sp³-hybridized carbons (Fsp3) is 0.0189. The number of nitrogens with one attached hydrogen (secondary N) is 1. The number of hydrogen-bond donors (Lipinski definition) is 1. The number of hydrogen-bond acceptors (Lipinski definition) is 5. The van der Waals surface area contributed by atoms with Gasteiger partial charge in [-0.25, -0.2) is 9.98 Å². The van der Waals surface area contributed by atoms with Gasteiger partial charge < -0.3 is 14.2 Å². The first-order valence-corrected chi connectivity index (χ1v) is 19.6. The summed E-state index contributed by atoms with van der Waals surface area (Å²) in [6, 6.07) is 65.9. The lowest BCUT2D eigenvalue weighted by atomic mass is 9.95. The molecule has 0 radical (unpaired) electrons. The Morgan fingerprint density at radius 3 is 1.93 bits per heavy atom. The van der Waals surface area contributed by atoms with E-state index in [1.807, 2.05) is 30.3 Å². The fourth-order valence-electron chi connectivity index (χ4n) is 8.58. The maximum atomic E-state index is 6.38. The standard InChI is InChI=1S/C53H33N3O2/c1-2-9-32(10-3-1)37-23-25-48-45(30-37)50-42(14-8-16-49(50)58-48)38-20-18-36-29-40(22-19-35(36)27-38)52-54-51(39-21-17-33-11-4-5-12-34(33)28-39)55-53(56-52)41-24-26-47-44(31-41)43-13-6-7-15-46(43)57-47/h1-31,51H,(H,54,55,56). The van der Waals surface area contributed by atoms with Crippen LogP contribution in [0.2, 0.25) is 0 Å². The van der Waals surface area contributed by atoms with Gasteiger partial charge in [0.2, 0.25) is 0 Å². The molecule has 5 nitrogen and oxygen atoms in total. The number of furan rings is 2. The van der Waals surface area contributed by atoms with E-state index in [1.54, 1.807) is 0 Å². The number of benzene rings is 9. The van der Waals surface area contributed by atoms with Gasteiger partial charge >= 0.3 is 0 Å². The molecule has 1 unspecified atom stereocenters. The van der Waals surface area contributed by atoms with Crippen molar-refractivity contribution in [1.29, 1.82) is 0 Å². The van der Waals surface area contributed by atoms with E-state index in [-0.39, 0.29) is 6.17 Å². The van der Waals surface area contributed by atoms with Crippen molar-refractivity contribution < 1.29 is 8.83 Å². The molecule has 0 bridgehead atoms. The molecule has 11 aromatic rings. The first kappa shape index (κ1) is 32.5. The third-order valence-electron chi connectivity index (χ3n) is 11.5. The lowest BCUT2D eigenvalue weighted by Crippen LogP contribution is -2.33. The maximum Gasteiger partial charge on any atom is 0.159 e. The average Bonchev–Trinajstić information content (AvgIpc) is 3.86. The highest BCUT2D eigenvalue weighted by atomic mass is 16.3. The van der Waals surface area contributed by atoms with Gasteiger partial charge in [0.1, 0.15) is 34.3 Å². The normalized spacial score (nSPS) is 14.4. The molecule has 0 fully saturated rings. The van der Waals surface area contributed by atoms with Gasteiger partial charge in [-0.05, 0) is 110 Å². The number of fused-ring (bicyclic) bond motifs is 8. The topological polar surface area (TPSA) is 63.0 Å². The molecule has 1 N–H and O–H groups in total. The van der Waals surface area contributed by atoms with Gasteiger partial charge in [-0.1, -0.05) is 127 Å². The second-order valence-electron chi connectivity index (χ2n) is 15.0. The SMILES string of the molecule is c1ccc(-c2ccc3oc4cccc(-c5ccc6cc(C7=NC(c8ccc9oc%10ccccc%10c9c8)=NC(c8ccc9ccccc9c8)N7)ccc6c5)c4c3c2)cc1. The van der Waals surface area contributed by atoms with Crippen LogP contribution in [0, 0.1) is 0 Å². The van der Waals surface area contributed by atoms with E-state index < -0.39 is 0 Å². The summed E-state index contributed by atoms with van der Waals surface area (Å²) in [6.07, 6.45) is -0.338. The van der Waals surface area contributed by atoms with Crippen LogP contribution in [0.1, 0.15) is 22.9 Å². The van der Waals surface area contributed by atoms with E-state index in [2.05, 4.69) is 163 Å². The monoisotopic (exact) mass is 743 g/mol. The van der Waals surface area contributed by atoms with Crippen molar-refractivity contribution in [2.75, 3.05) is 0 Å². The largest absolute Gasteiger partial charge is 0.456 e. The molecule has 0 aliphatic carbocycles. The first-order valence-electron chi connectivity index (χ1n) is 19.6. The Morgan fingerprint density at radius 2 is 1.03 bits per heavy atom. The van der Waals surface area contributed by atoms with Gasteiger partial charge in [-0.2, -0.15) is 0 Å². The molecule has 0 amide bonds. The Hall–Kier alpha value is -7.76. The molecule has 272 valence electrons. The quantitative estimate of drug-likeness (QED) is 0.191. The smallest absolute Gasteiger partial charge is 0.159 e. The lowest BCUT2D eigenvalue weighted by molar-refractivity contribution is 0.668. The summed E-state index contributed by atoms with van der Waals surface area (Å²) in [4.78, 5) is 10.4. The van der Waals surface area contributed by atoms with E-state index in [0.29, 0.717) is 5.84 Å². The van der Waals surface area contributed by atoms with Crippen molar-refractivity contribution in [2.24, 2.45) is 9.98 Å². The predicted molar refractivity (Wildman–Crippen MR) is 239 cm³/mol. The highest BCUT2D eigenvalue weighted by Crippen LogP contribution is 2.39. The molecule has 5 heteroatoms. The van der Waals surface area contributed by atoms with Crippen LogP contribution in [0.25, 0.3) is 87.7 Å². The summed E-state index contributed by atoms with van der Waals surface area (Å²) in [5, 5.41) is 12.7. The third kappa shape index (κ3) is 5.40. The molecular formula is C53H33N3O2. The van der Waals surface area contributed by atoms with E-state index in [0.717, 1.165) is 88.3 Å². The highest BCUT2D eigenvalue weighted by molar-refractivity contribution is 6.17. The third-order valence-corrected chi connectivity index (χ3v) is 11.5. The lowest BCUT2D eigenvalue weighted by Gasteiger charge is -2.24. The van der Waals surface area contributed by atoms with Crippen LogP contribution in [0.4, 0.5) is 0 Å². The molecule has 9 aromatic carbocycles. The van der Waals surface area contributed by atoms with E-state index in [4.69, 9.17) is 18.8 Å². The van der Waals surface area contributed by atoms with E-state index in [1.165, 1.54) is 21.9 Å². The van der Waals surface area contributed by atoms with Gasteiger partial charge in [0, 0.05) is 32.7 Å². The minimum absolute atomic E-state index is 0.338. The summed E-state index contributed by atoms with van der Waals surface area (Å²) in [5.74, 6) is 1.44.